The lowest BCUT2D eigenvalue weighted by molar-refractivity contribution is 0.422. The molecule has 0 aliphatic rings. The second-order valence-corrected chi connectivity index (χ2v) is 5.89. The van der Waals surface area contributed by atoms with Crippen molar-refractivity contribution in [3.8, 4) is 6.07 Å². The average molecular weight is 252 g/mol. The van der Waals surface area contributed by atoms with Gasteiger partial charge in [0.05, 0.1) is 18.2 Å². The molecular weight excluding hydrogens is 232 g/mol. The van der Waals surface area contributed by atoms with Crippen molar-refractivity contribution in [1.29, 1.82) is 5.26 Å². The Kier molecular flexibility index (Phi) is 4.91. The van der Waals surface area contributed by atoms with Crippen molar-refractivity contribution >= 4 is 16.5 Å². The molecule has 1 heterocycles. The quantitative estimate of drug-likeness (QED) is 0.874. The van der Waals surface area contributed by atoms with Gasteiger partial charge in [-0.25, -0.2) is 4.98 Å². The average Bonchev–Trinajstić information content (AvgIpc) is 2.70. The highest BCUT2D eigenvalue weighted by Gasteiger charge is 2.11. The van der Waals surface area contributed by atoms with E-state index < -0.39 is 0 Å². The van der Waals surface area contributed by atoms with Gasteiger partial charge in [0.15, 0.2) is 5.13 Å². The molecule has 0 aromatic carbocycles. The summed E-state index contributed by atoms with van der Waals surface area (Å²) >= 11 is 1.62. The molecule has 0 bridgehead atoms. The van der Waals surface area contributed by atoms with Gasteiger partial charge in [-0.3, -0.25) is 0 Å². The molecule has 1 aromatic heterocycles. The Hall–Kier alpha value is -1.12. The van der Waals surface area contributed by atoms with Crippen molar-refractivity contribution in [3.63, 3.8) is 0 Å². The summed E-state index contributed by atoms with van der Waals surface area (Å²) in [7, 11) is 1.97. The molecule has 0 spiro atoms. The Balaban J connectivity index is 2.51. The Morgan fingerprint density at radius 2 is 2.24 bits per heavy atom. The smallest absolute Gasteiger partial charge is 0.185 e. The lowest BCUT2D eigenvalue weighted by Crippen LogP contribution is -2.35. The SMILES string of the molecule is CN(CCC#N)c1nc(CNC(C)(C)C)cs1. The Bertz CT molecular complexity index is 386. The van der Waals surface area contributed by atoms with Crippen LogP contribution < -0.4 is 10.2 Å². The Morgan fingerprint density at radius 3 is 2.82 bits per heavy atom. The zero-order valence-electron chi connectivity index (χ0n) is 10.9. The van der Waals surface area contributed by atoms with Gasteiger partial charge >= 0.3 is 0 Å². The fraction of sp³-hybridized carbons (Fsp3) is 0.667. The summed E-state index contributed by atoms with van der Waals surface area (Å²) in [6, 6.07) is 2.14. The van der Waals surface area contributed by atoms with E-state index in [0.29, 0.717) is 6.42 Å². The molecule has 0 aliphatic carbocycles. The molecule has 0 amide bonds. The van der Waals surface area contributed by atoms with Gasteiger partial charge in [-0.2, -0.15) is 5.26 Å². The minimum atomic E-state index is 0.108. The molecule has 1 rings (SSSR count). The number of anilines is 1. The minimum Gasteiger partial charge on any atom is -0.350 e. The van der Waals surface area contributed by atoms with E-state index in [4.69, 9.17) is 5.26 Å². The van der Waals surface area contributed by atoms with Crippen molar-refractivity contribution in [2.45, 2.75) is 39.3 Å². The van der Waals surface area contributed by atoms with Gasteiger partial charge in [0.25, 0.3) is 0 Å². The minimum absolute atomic E-state index is 0.108. The van der Waals surface area contributed by atoms with Gasteiger partial charge in [-0.15, -0.1) is 11.3 Å². The summed E-state index contributed by atoms with van der Waals surface area (Å²) in [6.45, 7) is 7.93. The van der Waals surface area contributed by atoms with Crippen molar-refractivity contribution in [2.24, 2.45) is 0 Å². The molecular formula is C12H20N4S. The second kappa shape index (κ2) is 5.99. The molecule has 0 saturated carbocycles. The first-order valence-corrected chi connectivity index (χ1v) is 6.58. The standard InChI is InChI=1S/C12H20N4S/c1-12(2,3)14-8-10-9-17-11(15-10)16(4)7-5-6-13/h9,14H,5,7-8H2,1-4H3. The summed E-state index contributed by atoms with van der Waals surface area (Å²) in [6.07, 6.45) is 0.533. The third-order valence-corrected chi connectivity index (χ3v) is 3.23. The van der Waals surface area contributed by atoms with Crippen molar-refractivity contribution in [1.82, 2.24) is 10.3 Å². The summed E-state index contributed by atoms with van der Waals surface area (Å²) in [4.78, 5) is 6.56. The molecule has 0 fully saturated rings. The van der Waals surface area contributed by atoms with E-state index in [0.717, 1.165) is 23.9 Å². The van der Waals surface area contributed by atoms with Crippen LogP contribution >= 0.6 is 11.3 Å². The van der Waals surface area contributed by atoms with E-state index >= 15 is 0 Å². The van der Waals surface area contributed by atoms with Gasteiger partial charge in [0.2, 0.25) is 0 Å². The van der Waals surface area contributed by atoms with Crippen LogP contribution in [-0.2, 0) is 6.54 Å². The molecule has 0 aliphatic heterocycles. The fourth-order valence-corrected chi connectivity index (χ4v) is 2.04. The number of hydrogen-bond donors (Lipinski definition) is 1. The molecule has 0 unspecified atom stereocenters. The van der Waals surface area contributed by atoms with E-state index in [2.05, 4.69) is 42.5 Å². The van der Waals surface area contributed by atoms with Crippen molar-refractivity contribution < 1.29 is 0 Å². The highest BCUT2D eigenvalue weighted by Crippen LogP contribution is 2.19. The Labute approximate surface area is 107 Å². The topological polar surface area (TPSA) is 52.0 Å². The molecule has 1 aromatic rings. The van der Waals surface area contributed by atoms with Crippen LogP contribution in [0.25, 0.3) is 0 Å². The van der Waals surface area contributed by atoms with Gasteiger partial charge < -0.3 is 10.2 Å². The maximum atomic E-state index is 8.54. The number of nitriles is 1. The molecule has 94 valence electrons. The maximum Gasteiger partial charge on any atom is 0.185 e. The highest BCUT2D eigenvalue weighted by molar-refractivity contribution is 7.13. The Morgan fingerprint density at radius 1 is 1.53 bits per heavy atom. The largest absolute Gasteiger partial charge is 0.350 e. The zero-order chi connectivity index (χ0) is 12.9. The van der Waals surface area contributed by atoms with Crippen molar-refractivity contribution in [3.05, 3.63) is 11.1 Å². The van der Waals surface area contributed by atoms with Crippen LogP contribution in [-0.4, -0.2) is 24.1 Å². The summed E-state index contributed by atoms with van der Waals surface area (Å²) in [5.74, 6) is 0. The molecule has 0 saturated heterocycles. The van der Waals surface area contributed by atoms with Crippen LogP contribution in [0.1, 0.15) is 32.9 Å². The predicted molar refractivity (Wildman–Crippen MR) is 72.2 cm³/mol. The summed E-state index contributed by atoms with van der Waals surface area (Å²) in [5, 5.41) is 15.0. The first kappa shape index (κ1) is 13.9. The van der Waals surface area contributed by atoms with Gasteiger partial charge in [-0.1, -0.05) is 0 Å². The van der Waals surface area contributed by atoms with Gasteiger partial charge in [0, 0.05) is 31.1 Å². The molecule has 4 nitrogen and oxygen atoms in total. The lowest BCUT2D eigenvalue weighted by atomic mass is 10.1. The van der Waals surface area contributed by atoms with Crippen LogP contribution in [0, 0.1) is 11.3 Å². The predicted octanol–water partition coefficient (Wildman–Crippen LogP) is 2.38. The zero-order valence-corrected chi connectivity index (χ0v) is 11.8. The monoisotopic (exact) mass is 252 g/mol. The van der Waals surface area contributed by atoms with Crippen LogP contribution in [0.5, 0.6) is 0 Å². The normalized spacial score (nSPS) is 11.2. The van der Waals surface area contributed by atoms with Crippen molar-refractivity contribution in [2.75, 3.05) is 18.5 Å². The van der Waals surface area contributed by atoms with E-state index in [1.807, 2.05) is 11.9 Å². The van der Waals surface area contributed by atoms with E-state index in [1.165, 1.54) is 0 Å². The molecule has 17 heavy (non-hydrogen) atoms. The maximum absolute atomic E-state index is 8.54. The second-order valence-electron chi connectivity index (χ2n) is 5.05. The number of aromatic nitrogens is 1. The highest BCUT2D eigenvalue weighted by atomic mass is 32.1. The summed E-state index contributed by atoms with van der Waals surface area (Å²) in [5.41, 5.74) is 1.17. The third-order valence-electron chi connectivity index (χ3n) is 2.23. The number of nitrogens with one attached hydrogen (secondary N) is 1. The van der Waals surface area contributed by atoms with Crippen LogP contribution in [0.4, 0.5) is 5.13 Å². The van der Waals surface area contributed by atoms with E-state index in [1.54, 1.807) is 11.3 Å². The third kappa shape index (κ3) is 5.16. The number of thiazole rings is 1. The first-order valence-electron chi connectivity index (χ1n) is 5.70. The van der Waals surface area contributed by atoms with E-state index in [-0.39, 0.29) is 5.54 Å². The number of rotatable bonds is 5. The molecule has 5 heteroatoms. The molecule has 1 N–H and O–H groups in total. The molecule has 0 atom stereocenters. The number of nitrogens with zero attached hydrogens (tertiary/aromatic N) is 3. The molecule has 0 radical (unpaired) electrons. The van der Waals surface area contributed by atoms with Crippen LogP contribution in [0.15, 0.2) is 5.38 Å². The first-order chi connectivity index (χ1) is 7.92. The lowest BCUT2D eigenvalue weighted by Gasteiger charge is -2.19. The van der Waals surface area contributed by atoms with Gasteiger partial charge in [-0.05, 0) is 20.8 Å². The van der Waals surface area contributed by atoms with E-state index in [9.17, 15) is 0 Å². The van der Waals surface area contributed by atoms with Crippen LogP contribution in [0.3, 0.4) is 0 Å². The van der Waals surface area contributed by atoms with Crippen LogP contribution in [0.2, 0.25) is 0 Å². The van der Waals surface area contributed by atoms with Gasteiger partial charge in [0.1, 0.15) is 0 Å². The summed E-state index contributed by atoms with van der Waals surface area (Å²) < 4.78 is 0. The fourth-order valence-electron chi connectivity index (χ4n) is 1.22. The number of hydrogen-bond acceptors (Lipinski definition) is 5.